The molecule has 0 aliphatic carbocycles. The SMILES string of the molecule is Cc1ccc(-n2c(-c3ccccc3)csc2=NC(=O)c2ccncc2)c([N+](=O)[O-])c1. The molecule has 7 nitrogen and oxygen atoms in total. The molecule has 0 radical (unpaired) electrons. The molecule has 0 saturated heterocycles. The number of thiazole rings is 1. The lowest BCUT2D eigenvalue weighted by molar-refractivity contribution is -0.384. The number of rotatable bonds is 4. The lowest BCUT2D eigenvalue weighted by Gasteiger charge is -2.10. The van der Waals surface area contributed by atoms with E-state index in [0.29, 0.717) is 21.7 Å². The monoisotopic (exact) mass is 416 g/mol. The number of nitro groups is 1. The number of carbonyl (C=O) groups is 1. The van der Waals surface area contributed by atoms with E-state index in [9.17, 15) is 14.9 Å². The van der Waals surface area contributed by atoms with Crippen molar-refractivity contribution in [3.63, 3.8) is 0 Å². The molecule has 4 rings (SSSR count). The van der Waals surface area contributed by atoms with Gasteiger partial charge in [0.1, 0.15) is 5.69 Å². The second kappa shape index (κ2) is 8.22. The highest BCUT2D eigenvalue weighted by Crippen LogP contribution is 2.29. The summed E-state index contributed by atoms with van der Waals surface area (Å²) in [5.41, 5.74) is 3.05. The normalized spacial score (nSPS) is 11.4. The van der Waals surface area contributed by atoms with Crippen LogP contribution in [0.5, 0.6) is 0 Å². The van der Waals surface area contributed by atoms with Gasteiger partial charge in [-0.15, -0.1) is 11.3 Å². The maximum atomic E-state index is 12.7. The summed E-state index contributed by atoms with van der Waals surface area (Å²) < 4.78 is 1.66. The predicted octanol–water partition coefficient (Wildman–Crippen LogP) is 4.56. The molecule has 0 aliphatic heterocycles. The van der Waals surface area contributed by atoms with Gasteiger partial charge in [-0.05, 0) is 36.2 Å². The summed E-state index contributed by atoms with van der Waals surface area (Å²) in [6.07, 6.45) is 3.04. The van der Waals surface area contributed by atoms with Crippen LogP contribution in [0.1, 0.15) is 15.9 Å². The molecule has 8 heteroatoms. The number of nitro benzene ring substituents is 1. The van der Waals surface area contributed by atoms with Crippen LogP contribution in [-0.4, -0.2) is 20.4 Å². The van der Waals surface area contributed by atoms with Gasteiger partial charge in [0.2, 0.25) is 0 Å². The highest BCUT2D eigenvalue weighted by molar-refractivity contribution is 7.07. The first kappa shape index (κ1) is 19.4. The van der Waals surface area contributed by atoms with Crippen LogP contribution in [-0.2, 0) is 0 Å². The average Bonchev–Trinajstić information content (AvgIpc) is 3.18. The van der Waals surface area contributed by atoms with Gasteiger partial charge < -0.3 is 0 Å². The van der Waals surface area contributed by atoms with Crippen molar-refractivity contribution >= 4 is 22.9 Å². The summed E-state index contributed by atoms with van der Waals surface area (Å²) in [5.74, 6) is -0.442. The minimum atomic E-state index is -0.442. The quantitative estimate of drug-likeness (QED) is 0.360. The van der Waals surface area contributed by atoms with E-state index < -0.39 is 10.8 Å². The largest absolute Gasteiger partial charge is 0.293 e. The van der Waals surface area contributed by atoms with Crippen LogP contribution in [0.4, 0.5) is 5.69 Å². The van der Waals surface area contributed by atoms with Crippen molar-refractivity contribution in [1.82, 2.24) is 9.55 Å². The van der Waals surface area contributed by atoms with Crippen LogP contribution in [0.3, 0.4) is 0 Å². The zero-order valence-electron chi connectivity index (χ0n) is 15.9. The zero-order valence-corrected chi connectivity index (χ0v) is 16.7. The zero-order chi connectivity index (χ0) is 21.1. The van der Waals surface area contributed by atoms with Gasteiger partial charge in [0.15, 0.2) is 4.80 Å². The molecule has 0 saturated carbocycles. The predicted molar refractivity (Wildman–Crippen MR) is 115 cm³/mol. The van der Waals surface area contributed by atoms with Crippen LogP contribution in [0.25, 0.3) is 16.9 Å². The highest BCUT2D eigenvalue weighted by atomic mass is 32.1. The number of carbonyl (C=O) groups excluding carboxylic acids is 1. The molecule has 30 heavy (non-hydrogen) atoms. The molecule has 4 aromatic rings. The van der Waals surface area contributed by atoms with Gasteiger partial charge in [-0.2, -0.15) is 4.99 Å². The van der Waals surface area contributed by atoms with Gasteiger partial charge in [-0.1, -0.05) is 36.4 Å². The first-order chi connectivity index (χ1) is 14.5. The van der Waals surface area contributed by atoms with E-state index in [0.717, 1.165) is 11.1 Å². The number of aryl methyl sites for hydroxylation is 1. The minimum absolute atomic E-state index is 0.0524. The number of pyridine rings is 1. The fourth-order valence-electron chi connectivity index (χ4n) is 3.05. The third kappa shape index (κ3) is 3.81. The Kier molecular flexibility index (Phi) is 5.32. The Balaban J connectivity index is 1.99. The number of hydrogen-bond acceptors (Lipinski definition) is 5. The topological polar surface area (TPSA) is 90.4 Å². The molecule has 0 N–H and O–H groups in total. The number of amides is 1. The first-order valence-corrected chi connectivity index (χ1v) is 9.93. The Labute approximate surface area is 175 Å². The standard InChI is InChI=1S/C22H16N4O3S/c1-15-7-8-18(19(13-15)26(28)29)25-20(16-5-3-2-4-6-16)14-30-22(25)24-21(27)17-9-11-23-12-10-17/h2-14H,1H3. The average molecular weight is 416 g/mol. The smallest absolute Gasteiger partial charge is 0.278 e. The summed E-state index contributed by atoms with van der Waals surface area (Å²) >= 11 is 1.25. The maximum absolute atomic E-state index is 12.7. The molecular weight excluding hydrogens is 400 g/mol. The van der Waals surface area contributed by atoms with Crippen molar-refractivity contribution in [2.24, 2.45) is 4.99 Å². The van der Waals surface area contributed by atoms with E-state index in [1.54, 1.807) is 35.8 Å². The highest BCUT2D eigenvalue weighted by Gasteiger charge is 2.20. The Morgan fingerprint density at radius 1 is 1.10 bits per heavy atom. The summed E-state index contributed by atoms with van der Waals surface area (Å²) in [6.45, 7) is 1.80. The summed E-state index contributed by atoms with van der Waals surface area (Å²) in [4.78, 5) is 32.6. The van der Waals surface area contributed by atoms with Crippen LogP contribution >= 0.6 is 11.3 Å². The van der Waals surface area contributed by atoms with Crippen LogP contribution < -0.4 is 4.80 Å². The van der Waals surface area contributed by atoms with Gasteiger partial charge in [-0.3, -0.25) is 24.5 Å². The first-order valence-electron chi connectivity index (χ1n) is 9.05. The summed E-state index contributed by atoms with van der Waals surface area (Å²) in [6, 6.07) is 17.7. The van der Waals surface area contributed by atoms with Crippen molar-refractivity contribution in [3.05, 3.63) is 104 Å². The second-order valence-electron chi connectivity index (χ2n) is 6.51. The maximum Gasteiger partial charge on any atom is 0.293 e. The van der Waals surface area contributed by atoms with E-state index >= 15 is 0 Å². The second-order valence-corrected chi connectivity index (χ2v) is 7.34. The Hall–Kier alpha value is -3.91. The third-order valence-corrected chi connectivity index (χ3v) is 5.30. The molecule has 0 atom stereocenters. The lowest BCUT2D eigenvalue weighted by atomic mass is 10.1. The molecule has 2 aromatic carbocycles. The molecule has 0 unspecified atom stereocenters. The molecule has 1 amide bonds. The van der Waals surface area contributed by atoms with Crippen molar-refractivity contribution in [1.29, 1.82) is 0 Å². The van der Waals surface area contributed by atoms with Gasteiger partial charge in [0, 0.05) is 29.4 Å². The third-order valence-electron chi connectivity index (χ3n) is 4.47. The number of aromatic nitrogens is 2. The van der Waals surface area contributed by atoms with Gasteiger partial charge >= 0.3 is 0 Å². The number of hydrogen-bond donors (Lipinski definition) is 0. The molecule has 0 spiro atoms. The number of nitrogens with zero attached hydrogens (tertiary/aromatic N) is 4. The van der Waals surface area contributed by atoms with Crippen molar-refractivity contribution in [3.8, 4) is 16.9 Å². The molecule has 0 bridgehead atoms. The molecule has 2 heterocycles. The van der Waals surface area contributed by atoms with Gasteiger partial charge in [0.25, 0.3) is 11.6 Å². The van der Waals surface area contributed by atoms with Gasteiger partial charge in [-0.25, -0.2) is 0 Å². The minimum Gasteiger partial charge on any atom is -0.278 e. The number of benzene rings is 2. The van der Waals surface area contributed by atoms with Crippen LogP contribution in [0.2, 0.25) is 0 Å². The summed E-state index contributed by atoms with van der Waals surface area (Å²) in [5, 5.41) is 13.6. The molecule has 0 aliphatic rings. The Morgan fingerprint density at radius 3 is 2.53 bits per heavy atom. The lowest BCUT2D eigenvalue weighted by Crippen LogP contribution is -2.17. The fraction of sp³-hybridized carbons (Fsp3) is 0.0455. The van der Waals surface area contributed by atoms with Gasteiger partial charge in [0.05, 0.1) is 10.6 Å². The van der Waals surface area contributed by atoms with E-state index in [2.05, 4.69) is 9.98 Å². The van der Waals surface area contributed by atoms with Crippen molar-refractivity contribution in [2.75, 3.05) is 0 Å². The van der Waals surface area contributed by atoms with E-state index in [1.165, 1.54) is 29.8 Å². The Morgan fingerprint density at radius 2 is 1.83 bits per heavy atom. The fourth-order valence-corrected chi connectivity index (χ4v) is 3.94. The van der Waals surface area contributed by atoms with Crippen molar-refractivity contribution < 1.29 is 9.72 Å². The molecular formula is C22H16N4O3S. The molecule has 148 valence electrons. The Bertz CT molecular complexity index is 1290. The molecule has 2 aromatic heterocycles. The van der Waals surface area contributed by atoms with E-state index in [4.69, 9.17) is 0 Å². The van der Waals surface area contributed by atoms with Crippen LogP contribution in [0.15, 0.2) is 83.4 Å². The summed E-state index contributed by atoms with van der Waals surface area (Å²) in [7, 11) is 0. The molecule has 0 fully saturated rings. The van der Waals surface area contributed by atoms with E-state index in [-0.39, 0.29) is 5.69 Å². The van der Waals surface area contributed by atoms with Crippen molar-refractivity contribution in [2.45, 2.75) is 6.92 Å². The van der Waals surface area contributed by atoms with E-state index in [1.807, 2.05) is 35.7 Å². The van der Waals surface area contributed by atoms with Crippen LogP contribution in [0, 0.1) is 17.0 Å².